The Labute approximate surface area is 126 Å². The second-order valence-electron chi connectivity index (χ2n) is 5.24. The summed E-state index contributed by atoms with van der Waals surface area (Å²) in [6, 6.07) is 16.4. The minimum absolute atomic E-state index is 0.107. The van der Waals surface area contributed by atoms with E-state index < -0.39 is 0 Å². The van der Waals surface area contributed by atoms with Gasteiger partial charge in [-0.25, -0.2) is 0 Å². The van der Waals surface area contributed by atoms with Crippen LogP contribution in [0.1, 0.15) is 31.0 Å². The van der Waals surface area contributed by atoms with Crippen LogP contribution in [-0.2, 0) is 0 Å². The molecule has 0 spiro atoms. The van der Waals surface area contributed by atoms with Crippen molar-refractivity contribution in [3.8, 4) is 11.5 Å². The van der Waals surface area contributed by atoms with Gasteiger partial charge in [0.05, 0.1) is 19.3 Å². The van der Waals surface area contributed by atoms with Gasteiger partial charge in [0.25, 0.3) is 0 Å². The van der Waals surface area contributed by atoms with Crippen LogP contribution in [0.25, 0.3) is 0 Å². The fourth-order valence-corrected chi connectivity index (χ4v) is 2.39. The van der Waals surface area contributed by atoms with E-state index in [1.807, 2.05) is 45.2 Å². The van der Waals surface area contributed by atoms with E-state index in [1.165, 1.54) is 11.1 Å². The Morgan fingerprint density at radius 2 is 1.48 bits per heavy atom. The zero-order valence-corrected chi connectivity index (χ0v) is 13.1. The Kier molecular flexibility index (Phi) is 5.23. The molecule has 0 aliphatic heterocycles. The molecular weight excluding hydrogens is 262 g/mol. The molecule has 2 aromatic rings. The highest BCUT2D eigenvalue weighted by Crippen LogP contribution is 2.27. The van der Waals surface area contributed by atoms with E-state index in [2.05, 4.69) is 29.6 Å². The quantitative estimate of drug-likeness (QED) is 0.876. The Hall–Kier alpha value is -2.00. The summed E-state index contributed by atoms with van der Waals surface area (Å²) in [5, 5.41) is 3.36. The van der Waals surface area contributed by atoms with Crippen molar-refractivity contribution in [2.45, 2.75) is 26.0 Å². The van der Waals surface area contributed by atoms with E-state index in [1.54, 1.807) is 7.11 Å². The van der Waals surface area contributed by atoms with E-state index in [0.717, 1.165) is 11.5 Å². The van der Waals surface area contributed by atoms with Gasteiger partial charge >= 0.3 is 0 Å². The van der Waals surface area contributed by atoms with Crippen LogP contribution in [0.2, 0.25) is 0 Å². The molecule has 0 saturated carbocycles. The van der Waals surface area contributed by atoms with Gasteiger partial charge in [-0.2, -0.15) is 0 Å². The predicted molar refractivity (Wildman–Crippen MR) is 86.1 cm³/mol. The zero-order chi connectivity index (χ0) is 15.2. The minimum atomic E-state index is 0.107. The number of nitrogens with one attached hydrogen (secondary N) is 1. The Morgan fingerprint density at radius 3 is 2.00 bits per heavy atom. The van der Waals surface area contributed by atoms with Crippen LogP contribution in [0.5, 0.6) is 11.5 Å². The minimum Gasteiger partial charge on any atom is -0.497 e. The lowest BCUT2D eigenvalue weighted by atomic mass is 9.98. The first-order valence-electron chi connectivity index (χ1n) is 7.22. The summed E-state index contributed by atoms with van der Waals surface area (Å²) in [4.78, 5) is 0. The predicted octanol–water partition coefficient (Wildman–Crippen LogP) is 3.79. The van der Waals surface area contributed by atoms with Crippen molar-refractivity contribution in [3.05, 3.63) is 59.7 Å². The molecule has 1 atom stereocenters. The van der Waals surface area contributed by atoms with Crippen LogP contribution in [0.3, 0.4) is 0 Å². The largest absolute Gasteiger partial charge is 0.497 e. The molecule has 0 heterocycles. The first-order chi connectivity index (χ1) is 10.1. The molecule has 2 aromatic carbocycles. The fourth-order valence-electron chi connectivity index (χ4n) is 2.39. The zero-order valence-electron chi connectivity index (χ0n) is 13.1. The first kappa shape index (κ1) is 15.4. The van der Waals surface area contributed by atoms with Gasteiger partial charge in [-0.15, -0.1) is 0 Å². The topological polar surface area (TPSA) is 30.5 Å². The van der Waals surface area contributed by atoms with Crippen LogP contribution in [0, 0.1) is 0 Å². The van der Waals surface area contributed by atoms with Crippen molar-refractivity contribution in [3.63, 3.8) is 0 Å². The highest BCUT2D eigenvalue weighted by molar-refractivity contribution is 5.39. The van der Waals surface area contributed by atoms with E-state index in [9.17, 15) is 0 Å². The molecule has 0 aliphatic rings. The molecule has 0 aliphatic carbocycles. The monoisotopic (exact) mass is 285 g/mol. The molecule has 0 aromatic heterocycles. The van der Waals surface area contributed by atoms with Crippen molar-refractivity contribution in [2.75, 3.05) is 14.2 Å². The van der Waals surface area contributed by atoms with Crippen molar-refractivity contribution < 1.29 is 9.47 Å². The van der Waals surface area contributed by atoms with Crippen LogP contribution >= 0.6 is 0 Å². The summed E-state index contributed by atoms with van der Waals surface area (Å²) in [6.07, 6.45) is 0.171. The van der Waals surface area contributed by atoms with Crippen LogP contribution in [0.4, 0.5) is 0 Å². The van der Waals surface area contributed by atoms with Gasteiger partial charge in [-0.1, -0.05) is 24.3 Å². The molecule has 3 heteroatoms. The van der Waals surface area contributed by atoms with E-state index >= 15 is 0 Å². The van der Waals surface area contributed by atoms with Crippen LogP contribution in [0.15, 0.2) is 48.5 Å². The normalized spacial score (nSPS) is 12.2. The van der Waals surface area contributed by atoms with Gasteiger partial charge in [-0.05, 0) is 56.3 Å². The third-order valence-electron chi connectivity index (χ3n) is 3.28. The molecule has 0 fully saturated rings. The molecule has 2 rings (SSSR count). The molecule has 0 radical (unpaired) electrons. The van der Waals surface area contributed by atoms with Crippen LogP contribution < -0.4 is 14.8 Å². The fraction of sp³-hybridized carbons (Fsp3) is 0.333. The van der Waals surface area contributed by atoms with Crippen molar-refractivity contribution in [1.29, 1.82) is 0 Å². The smallest absolute Gasteiger partial charge is 0.120 e. The average Bonchev–Trinajstić information content (AvgIpc) is 2.48. The molecular formula is C18H23NO2. The highest BCUT2D eigenvalue weighted by atomic mass is 16.5. The Balaban J connectivity index is 2.32. The number of rotatable bonds is 6. The number of methoxy groups -OCH3 is 1. The Morgan fingerprint density at radius 1 is 0.905 bits per heavy atom. The van der Waals surface area contributed by atoms with E-state index in [-0.39, 0.29) is 12.1 Å². The standard InChI is InChI=1S/C18H23NO2/c1-13(2)21-17-10-6-8-15(12-17)18(19-3)14-7-5-9-16(11-14)20-4/h5-13,18-19H,1-4H3. The Bertz CT molecular complexity index is 581. The second-order valence-corrected chi connectivity index (χ2v) is 5.24. The van der Waals surface area contributed by atoms with Gasteiger partial charge < -0.3 is 14.8 Å². The van der Waals surface area contributed by atoms with Gasteiger partial charge in [-0.3, -0.25) is 0 Å². The third kappa shape index (κ3) is 3.99. The molecule has 21 heavy (non-hydrogen) atoms. The molecule has 112 valence electrons. The van der Waals surface area contributed by atoms with Crippen molar-refractivity contribution in [2.24, 2.45) is 0 Å². The first-order valence-corrected chi connectivity index (χ1v) is 7.22. The lowest BCUT2D eigenvalue weighted by Crippen LogP contribution is -2.18. The summed E-state index contributed by atoms with van der Waals surface area (Å²) >= 11 is 0. The third-order valence-corrected chi connectivity index (χ3v) is 3.28. The summed E-state index contributed by atoms with van der Waals surface area (Å²) in [7, 11) is 3.64. The average molecular weight is 285 g/mol. The number of hydrogen-bond donors (Lipinski definition) is 1. The van der Waals surface area contributed by atoms with E-state index in [4.69, 9.17) is 9.47 Å². The lowest BCUT2D eigenvalue weighted by Gasteiger charge is -2.19. The number of hydrogen-bond acceptors (Lipinski definition) is 3. The molecule has 0 saturated heterocycles. The van der Waals surface area contributed by atoms with Gasteiger partial charge in [0.1, 0.15) is 11.5 Å². The van der Waals surface area contributed by atoms with Crippen molar-refractivity contribution >= 4 is 0 Å². The lowest BCUT2D eigenvalue weighted by molar-refractivity contribution is 0.242. The maximum absolute atomic E-state index is 5.78. The van der Waals surface area contributed by atoms with Gasteiger partial charge in [0.2, 0.25) is 0 Å². The summed E-state index contributed by atoms with van der Waals surface area (Å²) < 4.78 is 11.1. The van der Waals surface area contributed by atoms with Gasteiger partial charge in [0, 0.05) is 0 Å². The van der Waals surface area contributed by atoms with Crippen molar-refractivity contribution in [1.82, 2.24) is 5.32 Å². The molecule has 0 amide bonds. The second kappa shape index (κ2) is 7.14. The maximum atomic E-state index is 5.78. The number of benzene rings is 2. The highest BCUT2D eigenvalue weighted by Gasteiger charge is 2.13. The number of ether oxygens (including phenoxy) is 2. The summed E-state index contributed by atoms with van der Waals surface area (Å²) in [5.41, 5.74) is 2.34. The van der Waals surface area contributed by atoms with Gasteiger partial charge in [0.15, 0.2) is 0 Å². The summed E-state index contributed by atoms with van der Waals surface area (Å²) in [6.45, 7) is 4.06. The van der Waals surface area contributed by atoms with E-state index in [0.29, 0.717) is 0 Å². The summed E-state index contributed by atoms with van der Waals surface area (Å²) in [5.74, 6) is 1.76. The maximum Gasteiger partial charge on any atom is 0.120 e. The molecule has 1 N–H and O–H groups in total. The molecule has 1 unspecified atom stereocenters. The SMILES string of the molecule is CNC(c1cccc(OC)c1)c1cccc(OC(C)C)c1. The molecule has 0 bridgehead atoms. The van der Waals surface area contributed by atoms with Crippen LogP contribution in [-0.4, -0.2) is 20.3 Å². The molecule has 3 nitrogen and oxygen atoms in total.